The van der Waals surface area contributed by atoms with Crippen LogP contribution in [0.1, 0.15) is 57.9 Å². The van der Waals surface area contributed by atoms with Crippen LogP contribution in [0.3, 0.4) is 0 Å². The van der Waals surface area contributed by atoms with Crippen LogP contribution in [0.15, 0.2) is 43.7 Å². The summed E-state index contributed by atoms with van der Waals surface area (Å²) in [5, 5.41) is 20.5. The maximum atomic E-state index is 12.7. The third-order valence-corrected chi connectivity index (χ3v) is 14.4. The van der Waals surface area contributed by atoms with Crippen molar-refractivity contribution < 1.29 is 89.0 Å². The third kappa shape index (κ3) is 12.1. The third-order valence-electron chi connectivity index (χ3n) is 8.46. The van der Waals surface area contributed by atoms with E-state index in [-0.39, 0.29) is 0 Å². The second-order valence-corrected chi connectivity index (χ2v) is 18.9. The van der Waals surface area contributed by atoms with Gasteiger partial charge in [0.25, 0.3) is 11.1 Å². The predicted octanol–water partition coefficient (Wildman–Crippen LogP) is -0.441. The van der Waals surface area contributed by atoms with Crippen LogP contribution < -0.4 is 22.5 Å². The summed E-state index contributed by atoms with van der Waals surface area (Å²) < 4.78 is 95.6. The van der Waals surface area contributed by atoms with Gasteiger partial charge >= 0.3 is 42.7 Å². The highest BCUT2D eigenvalue weighted by Crippen LogP contribution is 2.71. The number of nitrogens with one attached hydrogen (secondary N) is 2. The van der Waals surface area contributed by atoms with E-state index in [1.54, 1.807) is 0 Å². The number of aromatic amines is 2. The number of rotatable bonds is 20. The van der Waals surface area contributed by atoms with Crippen molar-refractivity contribution in [3.8, 4) is 0 Å². The van der Waals surface area contributed by atoms with Crippen LogP contribution in [0.5, 0.6) is 0 Å². The fourth-order valence-corrected chi connectivity index (χ4v) is 10.9. The van der Waals surface area contributed by atoms with Gasteiger partial charge in [-0.15, -0.1) is 0 Å². The number of aliphatic hydroxyl groups excluding tert-OH is 2. The van der Waals surface area contributed by atoms with Crippen LogP contribution in [-0.2, 0) is 59.2 Å². The Hall–Kier alpha value is -2.32. The minimum absolute atomic E-state index is 0.430. The van der Waals surface area contributed by atoms with Gasteiger partial charge in [0.1, 0.15) is 36.6 Å². The summed E-state index contributed by atoms with van der Waals surface area (Å²) in [6.45, 7) is -0.0893. The van der Waals surface area contributed by atoms with E-state index in [4.69, 9.17) is 23.5 Å². The molecule has 5 heterocycles. The van der Waals surface area contributed by atoms with Crippen LogP contribution in [-0.4, -0.2) is 105 Å². The summed E-state index contributed by atoms with van der Waals surface area (Å²) >= 11 is 0. The summed E-state index contributed by atoms with van der Waals surface area (Å²) in [5.74, 6) is 0. The molecule has 0 bridgehead atoms. The van der Waals surface area contributed by atoms with Gasteiger partial charge in [0.2, 0.25) is 0 Å². The molecular weight excluding hydrogens is 860 g/mol. The average Bonchev–Trinajstić information content (AvgIpc) is 3.73. The number of hydrogen-bond acceptors (Lipinski definition) is 19. The lowest BCUT2D eigenvalue weighted by atomic mass is 10.1. The van der Waals surface area contributed by atoms with Crippen molar-refractivity contribution in [3.05, 3.63) is 66.2 Å². The summed E-state index contributed by atoms with van der Waals surface area (Å²) in [4.78, 5) is 91.5. The molecule has 0 amide bonds. The predicted molar refractivity (Wildman–Crippen MR) is 184 cm³/mol. The van der Waals surface area contributed by atoms with E-state index in [0.717, 1.165) is 54.8 Å². The Morgan fingerprint density at radius 2 is 1.11 bits per heavy atom. The molecule has 322 valence electrons. The van der Waals surface area contributed by atoms with Crippen molar-refractivity contribution >= 4 is 31.3 Å². The van der Waals surface area contributed by atoms with Crippen molar-refractivity contribution in [1.82, 2.24) is 19.1 Å². The van der Waals surface area contributed by atoms with Crippen LogP contribution >= 0.6 is 31.3 Å². The van der Waals surface area contributed by atoms with Crippen LogP contribution in [0.4, 0.5) is 0 Å². The summed E-state index contributed by atoms with van der Waals surface area (Å²) in [6, 6.07) is 1.91. The molecule has 57 heavy (non-hydrogen) atoms. The van der Waals surface area contributed by atoms with Crippen LogP contribution in [0, 0.1) is 0 Å². The number of unbranched alkanes of at least 4 members (excludes halogenated alkanes) is 4. The molecule has 3 fully saturated rings. The highest BCUT2D eigenvalue weighted by molar-refractivity contribution is 7.69. The number of aliphatic hydroxyl groups is 2. The highest BCUT2D eigenvalue weighted by Gasteiger charge is 2.55. The summed E-state index contributed by atoms with van der Waals surface area (Å²) in [5.41, 5.74) is -3.46. The monoisotopic (exact) mass is 900 g/mol. The molecule has 3 aliphatic heterocycles. The molecule has 0 radical (unpaired) electrons. The molecule has 0 spiro atoms. The zero-order valence-electron chi connectivity index (χ0n) is 29.5. The van der Waals surface area contributed by atoms with E-state index in [0.29, 0.717) is 17.4 Å². The quantitative estimate of drug-likeness (QED) is 0.0616. The number of fused-ring (bicyclic) bond motifs is 1. The van der Waals surface area contributed by atoms with Crippen molar-refractivity contribution in [2.75, 3.05) is 13.2 Å². The first-order valence-corrected chi connectivity index (χ1v) is 22.9. The van der Waals surface area contributed by atoms with Crippen LogP contribution in [0.2, 0.25) is 0 Å². The molecule has 2 aromatic rings. The zero-order chi connectivity index (χ0) is 41.9. The first kappa shape index (κ1) is 45.8. The zero-order valence-corrected chi connectivity index (χ0v) is 33.0. The van der Waals surface area contributed by atoms with E-state index < -0.39 is 122 Å². The molecule has 27 nitrogen and oxygen atoms in total. The molecule has 5 unspecified atom stereocenters. The fourth-order valence-electron chi connectivity index (χ4n) is 5.96. The first-order chi connectivity index (χ1) is 26.6. The number of ether oxygens (including phenoxy) is 4. The second kappa shape index (κ2) is 18.5. The standard InChI is InChI=1S/C26H40N4O23P4/c1-2-3-4-5-6-7-18-49-21-15(48-24(22(21)50-18)30-11-9-17(32)28-26(30)36)13-46-55(39,40)52-57(43,44)53-56(41,42)51-54(37,38)45-12-14-19(33)20(34)23(47-14)29-10-8-16(31)27-25(29)35/h8-11,14-15,18-24,33-34H,2-7,12-13H2,1H3,(H,37,38)(H,39,40)(H,41,42)(H,43,44)(H,27,31,35)(H,28,32,36)/t14-,15-,18?,19-,20-,21-,22-,23-,24-/m1/s1. The van der Waals surface area contributed by atoms with Gasteiger partial charge in [-0.1, -0.05) is 32.6 Å². The van der Waals surface area contributed by atoms with Crippen molar-refractivity contribution in [1.29, 1.82) is 0 Å². The van der Waals surface area contributed by atoms with Crippen molar-refractivity contribution in [2.24, 2.45) is 0 Å². The van der Waals surface area contributed by atoms with Gasteiger partial charge in [0.05, 0.1) is 13.2 Å². The van der Waals surface area contributed by atoms with E-state index >= 15 is 0 Å². The second-order valence-electron chi connectivity index (χ2n) is 12.7. The Labute approximate surface area is 319 Å². The number of hydrogen-bond donors (Lipinski definition) is 8. The molecule has 13 atom stereocenters. The molecule has 3 saturated heterocycles. The van der Waals surface area contributed by atoms with Crippen molar-refractivity contribution in [2.45, 2.75) is 101 Å². The van der Waals surface area contributed by atoms with Gasteiger partial charge in [-0.2, -0.15) is 12.9 Å². The van der Waals surface area contributed by atoms with Gasteiger partial charge in [0, 0.05) is 24.5 Å². The van der Waals surface area contributed by atoms with E-state index in [9.17, 15) is 67.2 Å². The Kier molecular flexibility index (Phi) is 14.9. The number of H-pyrrole nitrogens is 2. The number of phosphoric ester groups is 2. The number of nitrogens with zero attached hydrogens (tertiary/aromatic N) is 2. The van der Waals surface area contributed by atoms with E-state index in [2.05, 4.69) is 29.4 Å². The minimum Gasteiger partial charge on any atom is -0.387 e. The number of aromatic nitrogens is 4. The topological polar surface area (TPSA) is 382 Å². The SMILES string of the molecule is CCCCCCCC1O[C@@H]2[C@H](O1)[C@@H](COP(=O)(O)OP(=O)(O)OP(=O)(O)OP(=O)(O)OC[C@H]1O[C@@H](n3ccc(=O)[nH]c3=O)[C@H](O)[C@@H]1O)O[C@H]2n1ccc(=O)[nH]c1=O. The Morgan fingerprint density at radius 1 is 0.632 bits per heavy atom. The largest absolute Gasteiger partial charge is 0.490 e. The van der Waals surface area contributed by atoms with Crippen molar-refractivity contribution in [3.63, 3.8) is 0 Å². The van der Waals surface area contributed by atoms with Gasteiger partial charge in [-0.25, -0.2) is 27.8 Å². The minimum atomic E-state index is -6.22. The van der Waals surface area contributed by atoms with E-state index in [1.165, 1.54) is 0 Å². The maximum Gasteiger partial charge on any atom is 0.490 e. The lowest BCUT2D eigenvalue weighted by Gasteiger charge is -2.23. The molecule has 0 aromatic carbocycles. The van der Waals surface area contributed by atoms with Gasteiger partial charge in [0.15, 0.2) is 18.7 Å². The average molecular weight is 901 g/mol. The lowest BCUT2D eigenvalue weighted by molar-refractivity contribution is -0.153. The van der Waals surface area contributed by atoms with E-state index in [1.807, 2.05) is 4.98 Å². The molecule has 2 aromatic heterocycles. The molecular formula is C26H40N4O23P4. The maximum absolute atomic E-state index is 12.7. The van der Waals surface area contributed by atoms with Gasteiger partial charge < -0.3 is 48.7 Å². The molecule has 0 aliphatic carbocycles. The highest BCUT2D eigenvalue weighted by atomic mass is 31.3. The number of phosphoric acid groups is 4. The summed E-state index contributed by atoms with van der Waals surface area (Å²) in [7, 11) is -24.0. The van der Waals surface area contributed by atoms with Crippen LogP contribution in [0.25, 0.3) is 0 Å². The lowest BCUT2D eigenvalue weighted by Crippen LogP contribution is -2.37. The molecule has 3 aliphatic rings. The van der Waals surface area contributed by atoms with Gasteiger partial charge in [-0.05, 0) is 12.8 Å². The Morgan fingerprint density at radius 3 is 1.65 bits per heavy atom. The molecule has 31 heteroatoms. The fraction of sp³-hybridized carbons (Fsp3) is 0.692. The Bertz CT molecular complexity index is 2160. The molecule has 8 N–H and O–H groups in total. The van der Waals surface area contributed by atoms with Gasteiger partial charge in [-0.3, -0.25) is 37.7 Å². The normalized spacial score (nSPS) is 31.6. The smallest absolute Gasteiger partial charge is 0.387 e. The molecule has 0 saturated carbocycles. The Balaban J connectivity index is 1.16. The summed E-state index contributed by atoms with van der Waals surface area (Å²) in [6.07, 6.45) is -5.55. The first-order valence-electron chi connectivity index (χ1n) is 16.9. The molecule has 5 rings (SSSR count).